The van der Waals surface area contributed by atoms with Crippen LogP contribution >= 0.6 is 7.12 Å². The first kappa shape index (κ1) is 32.1. The fourth-order valence-corrected chi connectivity index (χ4v) is 8.93. The SMILES string of the molecule is F.F.F.F.F.F.[SbH2][S](c1ccccc1)(c1ccccc1)c1ccccc1. The van der Waals surface area contributed by atoms with Gasteiger partial charge in [-0.2, -0.15) is 0 Å². The quantitative estimate of drug-likeness (QED) is 0.328. The molecule has 0 saturated heterocycles. The molecule has 3 aromatic carbocycles. The van der Waals surface area contributed by atoms with Crippen LogP contribution in [0, 0.1) is 0 Å². The topological polar surface area (TPSA) is 0 Å². The molecule has 0 amide bonds. The summed E-state index contributed by atoms with van der Waals surface area (Å²) in [5.74, 6) is 0. The van der Waals surface area contributed by atoms with Gasteiger partial charge in [0.15, 0.2) is 0 Å². The van der Waals surface area contributed by atoms with Gasteiger partial charge in [-0.1, -0.05) is 0 Å². The molecule has 0 aliphatic heterocycles. The Balaban J connectivity index is -0.000000403. The van der Waals surface area contributed by atoms with Crippen molar-refractivity contribution in [3.63, 3.8) is 0 Å². The molecule has 0 aliphatic rings. The van der Waals surface area contributed by atoms with E-state index in [0.717, 1.165) is 0 Å². The zero-order chi connectivity index (χ0) is 13.8. The first-order chi connectivity index (χ1) is 9.82. The molecule has 0 unspecified atom stereocenters. The van der Waals surface area contributed by atoms with E-state index in [0.29, 0.717) is 0 Å². The van der Waals surface area contributed by atoms with Crippen LogP contribution in [0.25, 0.3) is 0 Å². The summed E-state index contributed by atoms with van der Waals surface area (Å²) in [6.45, 7) is 0. The van der Waals surface area contributed by atoms with Gasteiger partial charge in [-0.15, -0.1) is 0 Å². The van der Waals surface area contributed by atoms with Gasteiger partial charge in [0.05, 0.1) is 0 Å². The van der Waals surface area contributed by atoms with E-state index < -0.39 is 7.12 Å². The van der Waals surface area contributed by atoms with Crippen molar-refractivity contribution in [3.8, 4) is 0 Å². The fraction of sp³-hybridized carbons (Fsp3) is 0. The van der Waals surface area contributed by atoms with E-state index in [1.165, 1.54) is 36.3 Å². The molecule has 0 radical (unpaired) electrons. The van der Waals surface area contributed by atoms with E-state index in [1.807, 2.05) is 0 Å². The van der Waals surface area contributed by atoms with Crippen molar-refractivity contribution in [2.75, 3.05) is 0 Å². The second-order valence-electron chi connectivity index (χ2n) is 4.60. The van der Waals surface area contributed by atoms with Gasteiger partial charge in [-0.25, -0.2) is 0 Å². The van der Waals surface area contributed by atoms with Crippen LogP contribution in [0.3, 0.4) is 0 Å². The van der Waals surface area contributed by atoms with Crippen molar-refractivity contribution in [1.82, 2.24) is 0 Å². The molecule has 148 valence electrons. The summed E-state index contributed by atoms with van der Waals surface area (Å²) >= 11 is 1.20. The van der Waals surface area contributed by atoms with E-state index in [4.69, 9.17) is 0 Å². The van der Waals surface area contributed by atoms with Gasteiger partial charge >= 0.3 is 134 Å². The summed E-state index contributed by atoms with van der Waals surface area (Å²) in [5.41, 5.74) is 0. The molecule has 0 heterocycles. The molecule has 26 heavy (non-hydrogen) atoms. The zero-order valence-electron chi connectivity index (χ0n) is 13.6. The van der Waals surface area contributed by atoms with E-state index in [9.17, 15) is 0 Å². The molecule has 3 rings (SSSR count). The van der Waals surface area contributed by atoms with Crippen molar-refractivity contribution in [2.45, 2.75) is 14.7 Å². The van der Waals surface area contributed by atoms with Gasteiger partial charge in [-0.3, -0.25) is 28.2 Å². The average molecular weight is 507 g/mol. The summed E-state index contributed by atoms with van der Waals surface area (Å²) in [6, 6.07) is 32.9. The molecule has 8 heteroatoms. The third-order valence-electron chi connectivity index (χ3n) is 3.34. The Hall–Kier alpha value is -1.59. The Morgan fingerprint density at radius 1 is 0.385 bits per heavy atom. The van der Waals surface area contributed by atoms with Crippen LogP contribution in [0.4, 0.5) is 28.2 Å². The molecule has 0 aromatic heterocycles. The maximum absolute atomic E-state index is 2.28. The Morgan fingerprint density at radius 3 is 0.769 bits per heavy atom. The number of hydrogen-bond donors (Lipinski definition) is 0. The van der Waals surface area contributed by atoms with Crippen LogP contribution in [0.15, 0.2) is 106 Å². The molecule has 0 atom stereocenters. The number of rotatable bonds is 3. The van der Waals surface area contributed by atoms with Crippen LogP contribution in [0.1, 0.15) is 0 Å². The van der Waals surface area contributed by atoms with Crippen molar-refractivity contribution in [2.24, 2.45) is 0 Å². The number of benzene rings is 3. The predicted molar refractivity (Wildman–Crippen MR) is 105 cm³/mol. The van der Waals surface area contributed by atoms with E-state index >= 15 is 0 Å². The van der Waals surface area contributed by atoms with Crippen molar-refractivity contribution < 1.29 is 28.2 Å². The molecule has 0 fully saturated rings. The van der Waals surface area contributed by atoms with Crippen molar-refractivity contribution in [1.29, 1.82) is 0 Å². The summed E-state index contributed by atoms with van der Waals surface area (Å²) in [6.07, 6.45) is 0. The minimum atomic E-state index is -1.05. The minimum absolute atomic E-state index is 0. The van der Waals surface area contributed by atoms with Crippen molar-refractivity contribution in [3.05, 3.63) is 91.0 Å². The normalized spacial score (nSPS) is 9.27. The third-order valence-corrected chi connectivity index (χ3v) is 13.4. The first-order valence-corrected chi connectivity index (χ1v) is 12.3. The molecule has 0 bridgehead atoms. The fourth-order valence-electron chi connectivity index (χ4n) is 2.31. The van der Waals surface area contributed by atoms with Gasteiger partial charge in [0.1, 0.15) is 0 Å². The molecule has 0 saturated carbocycles. The summed E-state index contributed by atoms with van der Waals surface area (Å²) < 4.78 is 0. The van der Waals surface area contributed by atoms with Crippen LogP contribution < -0.4 is 0 Å². The van der Waals surface area contributed by atoms with E-state index in [1.54, 1.807) is 0 Å². The van der Waals surface area contributed by atoms with E-state index in [-0.39, 0.29) is 28.2 Å². The Morgan fingerprint density at radius 2 is 0.577 bits per heavy atom. The molecular weight excluding hydrogens is 484 g/mol. The Bertz CT molecular complexity index is 589. The second kappa shape index (κ2) is 14.6. The van der Waals surface area contributed by atoms with E-state index in [2.05, 4.69) is 91.0 Å². The molecule has 3 aromatic rings. The monoisotopic (exact) mass is 506 g/mol. The first-order valence-electron chi connectivity index (χ1n) is 6.58. The maximum atomic E-state index is 2.28. The molecule has 0 nitrogen and oxygen atoms in total. The summed E-state index contributed by atoms with van der Waals surface area (Å²) in [7, 11) is -1.05. The van der Waals surface area contributed by atoms with Gasteiger partial charge in [-0.05, 0) is 0 Å². The molecular formula is C18H23F6SSb. The Labute approximate surface area is 162 Å². The molecule has 0 N–H and O–H groups in total. The zero-order valence-corrected chi connectivity index (χ0v) is 17.7. The number of hydrogen-bond acceptors (Lipinski definition) is 0. The van der Waals surface area contributed by atoms with Gasteiger partial charge in [0.25, 0.3) is 0 Å². The summed E-state index contributed by atoms with van der Waals surface area (Å²) in [4.78, 5) is 4.37. The number of halogens is 6. The Kier molecular flexibility index (Phi) is 18.0. The second-order valence-corrected chi connectivity index (χ2v) is 13.4. The van der Waals surface area contributed by atoms with Gasteiger partial charge < -0.3 is 0 Å². The standard InChI is InChI=1S/C18H15S.6FH.Sb.2H/c1-4-10-16(11-5-1)19(17-12-6-2-7-13-17)18-14-8-3-9-15-18;;;;;;;;;/h1-15H;6*1H;;;/q+1;;;;;;;-1;;. The van der Waals surface area contributed by atoms with Crippen LogP contribution in [0.5, 0.6) is 0 Å². The third kappa shape index (κ3) is 6.29. The summed E-state index contributed by atoms with van der Waals surface area (Å²) in [5, 5.41) is 0. The molecule has 0 aliphatic carbocycles. The van der Waals surface area contributed by atoms with Gasteiger partial charge in [0, 0.05) is 0 Å². The van der Waals surface area contributed by atoms with Crippen LogP contribution in [-0.2, 0) is 0 Å². The van der Waals surface area contributed by atoms with Crippen molar-refractivity contribution >= 4 is 28.7 Å². The average Bonchev–Trinajstić information content (AvgIpc) is 2.56. The van der Waals surface area contributed by atoms with Crippen LogP contribution in [0.2, 0.25) is 0 Å². The molecule has 0 spiro atoms. The predicted octanol–water partition coefficient (Wildman–Crippen LogP) is 5.43. The van der Waals surface area contributed by atoms with Crippen LogP contribution in [-0.4, -0.2) is 21.6 Å². The van der Waals surface area contributed by atoms with Gasteiger partial charge in [0.2, 0.25) is 0 Å².